The van der Waals surface area contributed by atoms with Crippen LogP contribution in [0.25, 0.3) is 101 Å². The summed E-state index contributed by atoms with van der Waals surface area (Å²) < 4.78 is 0. The van der Waals surface area contributed by atoms with Crippen LogP contribution in [0.4, 0.5) is 0 Å². The van der Waals surface area contributed by atoms with Gasteiger partial charge in [-0.1, -0.05) is 182 Å². The summed E-state index contributed by atoms with van der Waals surface area (Å²) in [6.07, 6.45) is 3.73. The Morgan fingerprint density at radius 3 is 1.15 bits per heavy atom. The van der Waals surface area contributed by atoms with Crippen LogP contribution in [-0.4, -0.2) is 24.9 Å². The minimum Gasteiger partial charge on any atom is -0.264 e. The van der Waals surface area contributed by atoms with E-state index in [1.807, 2.05) is 91.3 Å². The van der Waals surface area contributed by atoms with E-state index in [1.165, 1.54) is 0 Å². The van der Waals surface area contributed by atoms with Crippen LogP contribution in [0, 0.1) is 0 Å². The van der Waals surface area contributed by atoms with Crippen molar-refractivity contribution in [1.82, 2.24) is 24.9 Å². The number of rotatable bonds is 9. The maximum atomic E-state index is 5.10. The molecule has 5 heteroatoms. The molecule has 0 spiro atoms. The fourth-order valence-electron chi connectivity index (χ4n) is 7.55. The van der Waals surface area contributed by atoms with Gasteiger partial charge in [-0.25, -0.2) is 19.9 Å². The molecule has 5 nitrogen and oxygen atoms in total. The molecule has 0 amide bonds. The summed E-state index contributed by atoms with van der Waals surface area (Å²) >= 11 is 0. The summed E-state index contributed by atoms with van der Waals surface area (Å²) in [5.74, 6) is 1.37. The van der Waals surface area contributed by atoms with Gasteiger partial charge in [0.05, 0.1) is 22.8 Å². The lowest BCUT2D eigenvalue weighted by molar-refractivity contribution is 1.18. The van der Waals surface area contributed by atoms with Crippen molar-refractivity contribution in [2.75, 3.05) is 0 Å². The van der Waals surface area contributed by atoms with Crippen LogP contribution in [0.5, 0.6) is 0 Å². The molecule has 0 saturated carbocycles. The van der Waals surface area contributed by atoms with Gasteiger partial charge in [-0.2, -0.15) is 0 Å². The minimum absolute atomic E-state index is 0.676. The summed E-state index contributed by atoms with van der Waals surface area (Å²) in [5, 5.41) is 0. The molecule has 0 aliphatic heterocycles. The topological polar surface area (TPSA) is 64.5 Å². The Balaban J connectivity index is 1.05. The Kier molecular flexibility index (Phi) is 9.88. The second-order valence-electron chi connectivity index (χ2n) is 14.5. The van der Waals surface area contributed by atoms with Crippen LogP contribution in [0.2, 0.25) is 0 Å². The Labute approximate surface area is 349 Å². The third-order valence-corrected chi connectivity index (χ3v) is 10.6. The predicted octanol–water partition coefficient (Wildman–Crippen LogP) is 13.7. The van der Waals surface area contributed by atoms with Crippen LogP contribution in [-0.2, 0) is 0 Å². The maximum Gasteiger partial charge on any atom is 0.160 e. The van der Waals surface area contributed by atoms with Gasteiger partial charge in [-0.15, -0.1) is 0 Å². The number of pyridine rings is 1. The number of aromatic nitrogens is 5. The third-order valence-electron chi connectivity index (χ3n) is 10.6. The Morgan fingerprint density at radius 2 is 0.633 bits per heavy atom. The van der Waals surface area contributed by atoms with Gasteiger partial charge in [0.15, 0.2) is 11.6 Å². The van der Waals surface area contributed by atoms with Crippen molar-refractivity contribution in [1.29, 1.82) is 0 Å². The molecule has 282 valence electrons. The summed E-state index contributed by atoms with van der Waals surface area (Å²) in [4.78, 5) is 24.7. The number of benzene rings is 7. The van der Waals surface area contributed by atoms with Crippen molar-refractivity contribution in [2.24, 2.45) is 0 Å². The molecule has 3 heterocycles. The SMILES string of the molecule is c1ccc(-c2cc(-c3ccc(-c4cc(-c5cccc(-c6nc(-c7ccccc7)cc(-c7ccccc7)n6)c5)ccc4-c4cccnc4)cc3)nc(-c3ccccc3)n2)cc1. The van der Waals surface area contributed by atoms with E-state index in [0.29, 0.717) is 11.6 Å². The molecule has 0 fully saturated rings. The molecule has 3 aromatic heterocycles. The third kappa shape index (κ3) is 7.63. The molecule has 0 aliphatic rings. The van der Waals surface area contributed by atoms with Gasteiger partial charge < -0.3 is 0 Å². The van der Waals surface area contributed by atoms with Gasteiger partial charge in [0.1, 0.15) is 0 Å². The lowest BCUT2D eigenvalue weighted by Crippen LogP contribution is -1.96. The average molecular weight is 768 g/mol. The second-order valence-corrected chi connectivity index (χ2v) is 14.5. The van der Waals surface area contributed by atoms with Gasteiger partial charge in [-0.3, -0.25) is 4.98 Å². The molecule has 0 atom stereocenters. The van der Waals surface area contributed by atoms with Crippen LogP contribution in [0.15, 0.2) is 225 Å². The highest BCUT2D eigenvalue weighted by molar-refractivity contribution is 5.88. The van der Waals surface area contributed by atoms with Crippen LogP contribution < -0.4 is 0 Å². The van der Waals surface area contributed by atoms with E-state index in [2.05, 4.69) is 138 Å². The smallest absolute Gasteiger partial charge is 0.160 e. The average Bonchev–Trinajstić information content (AvgIpc) is 3.35. The standard InChI is InChI=1S/C55H37N5/c1-5-15-39(16-6-1)50-36-53(58-54(57-50)43-21-11-4-12-22-43)42-28-26-38(27-29-42)49-34-45(30-31-48(49)47-25-14-32-56-37-47)44-23-13-24-46(33-44)55-59-51(40-17-7-2-8-18-40)35-52(60-55)41-19-9-3-10-20-41/h1-37H. The number of hydrogen-bond donors (Lipinski definition) is 0. The zero-order chi connectivity index (χ0) is 40.1. The van der Waals surface area contributed by atoms with Crippen molar-refractivity contribution < 1.29 is 0 Å². The minimum atomic E-state index is 0.676. The molecular formula is C55H37N5. The summed E-state index contributed by atoms with van der Waals surface area (Å²) in [6, 6.07) is 73.1. The van der Waals surface area contributed by atoms with Gasteiger partial charge in [0, 0.05) is 51.3 Å². The van der Waals surface area contributed by atoms with E-state index in [0.717, 1.165) is 89.5 Å². The van der Waals surface area contributed by atoms with E-state index in [9.17, 15) is 0 Å². The first kappa shape index (κ1) is 36.2. The lowest BCUT2D eigenvalue weighted by Gasteiger charge is -2.15. The van der Waals surface area contributed by atoms with Crippen molar-refractivity contribution in [2.45, 2.75) is 0 Å². The van der Waals surface area contributed by atoms with Gasteiger partial charge in [-0.05, 0) is 58.1 Å². The molecule has 0 unspecified atom stereocenters. The van der Waals surface area contributed by atoms with Crippen LogP contribution in [0.1, 0.15) is 0 Å². The van der Waals surface area contributed by atoms with Gasteiger partial charge in [0.2, 0.25) is 0 Å². The number of nitrogens with zero attached hydrogens (tertiary/aromatic N) is 5. The first-order valence-electron chi connectivity index (χ1n) is 20.0. The molecule has 0 radical (unpaired) electrons. The molecule has 10 rings (SSSR count). The maximum absolute atomic E-state index is 5.10. The Morgan fingerprint density at radius 1 is 0.233 bits per heavy atom. The fourth-order valence-corrected chi connectivity index (χ4v) is 7.55. The molecule has 0 aliphatic carbocycles. The molecule has 0 saturated heterocycles. The van der Waals surface area contributed by atoms with E-state index in [1.54, 1.807) is 0 Å². The Hall–Kier alpha value is -8.15. The zero-order valence-corrected chi connectivity index (χ0v) is 32.6. The highest BCUT2D eigenvalue weighted by atomic mass is 14.9. The van der Waals surface area contributed by atoms with Crippen molar-refractivity contribution in [3.63, 3.8) is 0 Å². The highest BCUT2D eigenvalue weighted by Gasteiger charge is 2.15. The molecule has 7 aromatic carbocycles. The quantitative estimate of drug-likeness (QED) is 0.146. The molecule has 0 N–H and O–H groups in total. The van der Waals surface area contributed by atoms with E-state index < -0.39 is 0 Å². The first-order chi connectivity index (χ1) is 29.7. The van der Waals surface area contributed by atoms with Crippen LogP contribution >= 0.6 is 0 Å². The van der Waals surface area contributed by atoms with Crippen molar-refractivity contribution in [3.8, 4) is 101 Å². The molecule has 0 bridgehead atoms. The van der Waals surface area contributed by atoms with Crippen molar-refractivity contribution >= 4 is 0 Å². The summed E-state index contributed by atoms with van der Waals surface area (Å²) in [7, 11) is 0. The monoisotopic (exact) mass is 767 g/mol. The zero-order valence-electron chi connectivity index (χ0n) is 32.6. The van der Waals surface area contributed by atoms with Gasteiger partial charge >= 0.3 is 0 Å². The molecule has 60 heavy (non-hydrogen) atoms. The molecule has 10 aromatic rings. The number of hydrogen-bond acceptors (Lipinski definition) is 5. The van der Waals surface area contributed by atoms with Crippen LogP contribution in [0.3, 0.4) is 0 Å². The van der Waals surface area contributed by atoms with E-state index in [4.69, 9.17) is 19.9 Å². The molecular weight excluding hydrogens is 731 g/mol. The lowest BCUT2D eigenvalue weighted by atomic mass is 9.90. The normalized spacial score (nSPS) is 11.0. The first-order valence-corrected chi connectivity index (χ1v) is 20.0. The Bertz CT molecular complexity index is 2930. The van der Waals surface area contributed by atoms with E-state index in [-0.39, 0.29) is 0 Å². The largest absolute Gasteiger partial charge is 0.264 e. The summed E-state index contributed by atoms with van der Waals surface area (Å²) in [5.41, 5.74) is 16.1. The van der Waals surface area contributed by atoms with E-state index >= 15 is 0 Å². The van der Waals surface area contributed by atoms with Crippen molar-refractivity contribution in [3.05, 3.63) is 225 Å². The van der Waals surface area contributed by atoms with Gasteiger partial charge in [0.25, 0.3) is 0 Å². The highest BCUT2D eigenvalue weighted by Crippen LogP contribution is 2.38. The summed E-state index contributed by atoms with van der Waals surface area (Å²) in [6.45, 7) is 0. The fraction of sp³-hybridized carbons (Fsp3) is 0. The predicted molar refractivity (Wildman–Crippen MR) is 244 cm³/mol. The second kappa shape index (κ2) is 16.4.